The Kier molecular flexibility index (Phi) is 6.54. The highest BCUT2D eigenvalue weighted by Gasteiger charge is 2.42. The van der Waals surface area contributed by atoms with Gasteiger partial charge in [0.15, 0.2) is 5.11 Å². The van der Waals surface area contributed by atoms with Gasteiger partial charge in [-0.1, -0.05) is 35.4 Å². The highest BCUT2D eigenvalue weighted by atomic mass is 35.5. The number of pyridine rings is 2. The Hall–Kier alpha value is -4.20. The van der Waals surface area contributed by atoms with E-state index in [9.17, 15) is 0 Å². The third-order valence-corrected chi connectivity index (χ3v) is 7.05. The van der Waals surface area contributed by atoms with Crippen molar-refractivity contribution < 1.29 is 4.74 Å². The minimum Gasteiger partial charge on any atom is -0.457 e. The van der Waals surface area contributed by atoms with Crippen LogP contribution in [0.15, 0.2) is 110 Å². The van der Waals surface area contributed by atoms with Crippen molar-refractivity contribution in [2.45, 2.75) is 19.0 Å². The zero-order valence-corrected chi connectivity index (χ0v) is 22.1. The zero-order valence-electron chi connectivity index (χ0n) is 20.5. The molecule has 2 atom stereocenters. The molecule has 2 unspecified atom stereocenters. The molecule has 188 valence electrons. The summed E-state index contributed by atoms with van der Waals surface area (Å²) in [4.78, 5) is 11.3. The minimum absolute atomic E-state index is 0.173. The van der Waals surface area contributed by atoms with Crippen molar-refractivity contribution in [1.82, 2.24) is 19.9 Å². The van der Waals surface area contributed by atoms with Crippen molar-refractivity contribution in [3.63, 3.8) is 0 Å². The van der Waals surface area contributed by atoms with Crippen LogP contribution < -0.4 is 15.0 Å². The van der Waals surface area contributed by atoms with Crippen LogP contribution in [0.1, 0.15) is 29.0 Å². The van der Waals surface area contributed by atoms with Gasteiger partial charge in [-0.05, 0) is 91.9 Å². The molecule has 0 radical (unpaired) electrons. The molecule has 3 aromatic heterocycles. The Bertz CT molecular complexity index is 1550. The normalized spacial score (nSPS) is 16.9. The Balaban J connectivity index is 1.38. The Morgan fingerprint density at radius 3 is 2.32 bits per heavy atom. The molecule has 1 fully saturated rings. The number of hydrogen-bond acceptors (Lipinski definition) is 4. The molecule has 0 amide bonds. The number of thiocarbonyl (C=S) groups is 1. The summed E-state index contributed by atoms with van der Waals surface area (Å²) in [5, 5.41) is 4.72. The monoisotopic (exact) mass is 537 g/mol. The van der Waals surface area contributed by atoms with Crippen LogP contribution in [-0.4, -0.2) is 19.6 Å². The van der Waals surface area contributed by atoms with Crippen molar-refractivity contribution in [3.05, 3.63) is 132 Å². The summed E-state index contributed by atoms with van der Waals surface area (Å²) in [7, 11) is 0. The third kappa shape index (κ3) is 4.74. The maximum atomic E-state index is 6.11. The number of hydrogen-bond donors (Lipinski definition) is 1. The molecule has 4 heterocycles. The number of aromatic nitrogens is 3. The maximum Gasteiger partial charge on any atom is 0.174 e. The predicted octanol–water partition coefficient (Wildman–Crippen LogP) is 7.20. The molecule has 1 aliphatic heterocycles. The summed E-state index contributed by atoms with van der Waals surface area (Å²) in [5.74, 6) is 2.32. The van der Waals surface area contributed by atoms with E-state index < -0.39 is 0 Å². The molecule has 6 rings (SSSR count). The van der Waals surface area contributed by atoms with Gasteiger partial charge in [0, 0.05) is 30.0 Å². The van der Waals surface area contributed by atoms with E-state index in [0.29, 0.717) is 10.1 Å². The predicted molar refractivity (Wildman–Crippen MR) is 154 cm³/mol. The highest BCUT2D eigenvalue weighted by Crippen LogP contribution is 2.42. The lowest BCUT2D eigenvalue weighted by Gasteiger charge is -2.29. The standard InChI is InChI=1S/C30H24ClN5OS/c1-20-7-12-23(13-8-20)37-24-14-10-22(11-15-24)36-29(28(34-30(36)38)25-5-2-3-17-32-25)26-6-4-18-35(26)27-16-9-21(31)19-33-27/h2-19,28-29H,1H3,(H,34,38). The van der Waals surface area contributed by atoms with Crippen molar-refractivity contribution in [2.24, 2.45) is 0 Å². The van der Waals surface area contributed by atoms with Crippen molar-refractivity contribution in [2.75, 3.05) is 4.90 Å². The van der Waals surface area contributed by atoms with Crippen LogP contribution in [0.2, 0.25) is 5.02 Å². The van der Waals surface area contributed by atoms with E-state index in [-0.39, 0.29) is 12.1 Å². The van der Waals surface area contributed by atoms with Gasteiger partial charge in [-0.25, -0.2) is 4.98 Å². The average Bonchev–Trinajstić information content (AvgIpc) is 3.56. The summed E-state index contributed by atoms with van der Waals surface area (Å²) in [6.45, 7) is 2.06. The lowest BCUT2D eigenvalue weighted by atomic mass is 10.0. The van der Waals surface area contributed by atoms with Crippen LogP contribution in [0, 0.1) is 6.92 Å². The molecule has 38 heavy (non-hydrogen) atoms. The second-order valence-electron chi connectivity index (χ2n) is 9.04. The second kappa shape index (κ2) is 10.3. The van der Waals surface area contributed by atoms with Gasteiger partial charge in [0.25, 0.3) is 0 Å². The fraction of sp³-hybridized carbons (Fsp3) is 0.100. The lowest BCUT2D eigenvalue weighted by molar-refractivity contribution is 0.482. The molecular formula is C30H24ClN5OS. The molecule has 0 bridgehead atoms. The largest absolute Gasteiger partial charge is 0.457 e. The Morgan fingerprint density at radius 1 is 0.868 bits per heavy atom. The Labute approximate surface area is 231 Å². The Morgan fingerprint density at radius 2 is 1.63 bits per heavy atom. The molecule has 0 saturated carbocycles. The number of halogens is 1. The van der Waals surface area contributed by atoms with Gasteiger partial charge in [-0.2, -0.15) is 0 Å². The van der Waals surface area contributed by atoms with E-state index in [0.717, 1.165) is 34.4 Å². The summed E-state index contributed by atoms with van der Waals surface area (Å²) in [6.07, 6.45) is 5.45. The van der Waals surface area contributed by atoms with E-state index in [1.165, 1.54) is 5.56 Å². The third-order valence-electron chi connectivity index (χ3n) is 6.51. The van der Waals surface area contributed by atoms with Crippen LogP contribution in [-0.2, 0) is 0 Å². The molecule has 8 heteroatoms. The van der Waals surface area contributed by atoms with Crippen LogP contribution in [0.25, 0.3) is 5.82 Å². The topological polar surface area (TPSA) is 55.2 Å². The molecule has 1 saturated heterocycles. The number of benzene rings is 2. The quantitative estimate of drug-likeness (QED) is 0.231. The second-order valence-corrected chi connectivity index (χ2v) is 9.87. The van der Waals surface area contributed by atoms with Gasteiger partial charge in [-0.3, -0.25) is 4.98 Å². The van der Waals surface area contributed by atoms with Gasteiger partial charge < -0.3 is 19.5 Å². The molecule has 1 N–H and O–H groups in total. The van der Waals surface area contributed by atoms with Gasteiger partial charge in [-0.15, -0.1) is 0 Å². The van der Waals surface area contributed by atoms with Gasteiger partial charge in [0.05, 0.1) is 16.8 Å². The first-order chi connectivity index (χ1) is 18.6. The first-order valence-corrected chi connectivity index (χ1v) is 13.0. The van der Waals surface area contributed by atoms with Gasteiger partial charge in [0.2, 0.25) is 0 Å². The van der Waals surface area contributed by atoms with Crippen LogP contribution in [0.5, 0.6) is 11.5 Å². The molecule has 0 spiro atoms. The SMILES string of the molecule is Cc1ccc(Oc2ccc(N3C(=S)NC(c4ccccn4)C3c3cccn3-c3ccc(Cl)cn3)cc2)cc1. The van der Waals surface area contributed by atoms with Crippen molar-refractivity contribution in [3.8, 4) is 17.3 Å². The fourth-order valence-corrected chi connectivity index (χ4v) is 5.16. The van der Waals surface area contributed by atoms with E-state index in [4.69, 9.17) is 28.6 Å². The smallest absolute Gasteiger partial charge is 0.174 e. The number of nitrogens with zero attached hydrogens (tertiary/aromatic N) is 4. The lowest BCUT2D eigenvalue weighted by Crippen LogP contribution is -2.30. The van der Waals surface area contributed by atoms with Crippen LogP contribution >= 0.6 is 23.8 Å². The summed E-state index contributed by atoms with van der Waals surface area (Å²) >= 11 is 12.0. The number of ether oxygens (including phenoxy) is 1. The molecule has 1 aliphatic rings. The number of nitrogens with one attached hydrogen (secondary N) is 1. The maximum absolute atomic E-state index is 6.11. The summed E-state index contributed by atoms with van der Waals surface area (Å²) < 4.78 is 8.12. The fourth-order valence-electron chi connectivity index (χ4n) is 4.70. The zero-order chi connectivity index (χ0) is 26.1. The number of rotatable bonds is 6. The highest BCUT2D eigenvalue weighted by molar-refractivity contribution is 7.80. The molecule has 5 aromatic rings. The van der Waals surface area contributed by atoms with Gasteiger partial charge >= 0.3 is 0 Å². The molecular weight excluding hydrogens is 514 g/mol. The van der Waals surface area contributed by atoms with Crippen molar-refractivity contribution in [1.29, 1.82) is 0 Å². The van der Waals surface area contributed by atoms with E-state index in [2.05, 4.69) is 37.7 Å². The first-order valence-electron chi connectivity index (χ1n) is 12.2. The number of aryl methyl sites for hydroxylation is 1. The molecule has 0 aliphatic carbocycles. The molecule has 6 nitrogen and oxygen atoms in total. The first kappa shape index (κ1) is 24.2. The van der Waals surface area contributed by atoms with E-state index in [1.807, 2.05) is 91.1 Å². The van der Waals surface area contributed by atoms with Crippen LogP contribution in [0.3, 0.4) is 0 Å². The van der Waals surface area contributed by atoms with Gasteiger partial charge in [0.1, 0.15) is 23.4 Å². The van der Waals surface area contributed by atoms with Crippen molar-refractivity contribution >= 4 is 34.6 Å². The molecule has 2 aromatic carbocycles. The summed E-state index contributed by atoms with van der Waals surface area (Å²) in [6, 6.07) is 29.4. The van der Waals surface area contributed by atoms with E-state index in [1.54, 1.807) is 12.4 Å². The average molecular weight is 538 g/mol. The minimum atomic E-state index is -0.186. The van der Waals surface area contributed by atoms with Crippen LogP contribution in [0.4, 0.5) is 5.69 Å². The van der Waals surface area contributed by atoms with E-state index >= 15 is 0 Å². The summed E-state index contributed by atoms with van der Waals surface area (Å²) in [5.41, 5.74) is 4.05. The number of anilines is 1.